The Balaban J connectivity index is 1.91. The smallest absolute Gasteiger partial charge is 0.256 e. The standard InChI is InChI=1S/C14H14N4O2/c15-6-10-8-18(3-4-20-10)14(19)12-7-17-13-5-9(16)1-2-11(12)13/h1-2,5,7,10,17H,3-4,8,16H2. The first-order valence-corrected chi connectivity index (χ1v) is 6.36. The predicted octanol–water partition coefficient (Wildman–Crippen LogP) is 1.11. The predicted molar refractivity (Wildman–Crippen MR) is 74.0 cm³/mol. The Kier molecular flexibility index (Phi) is 3.05. The second-order valence-electron chi connectivity index (χ2n) is 4.75. The lowest BCUT2D eigenvalue weighted by Gasteiger charge is -2.29. The number of nitrogens with one attached hydrogen (secondary N) is 1. The van der Waals surface area contributed by atoms with Gasteiger partial charge in [-0.15, -0.1) is 0 Å². The summed E-state index contributed by atoms with van der Waals surface area (Å²) < 4.78 is 5.25. The summed E-state index contributed by atoms with van der Waals surface area (Å²) in [4.78, 5) is 17.2. The molecule has 0 bridgehead atoms. The number of morpholine rings is 1. The number of hydrogen-bond acceptors (Lipinski definition) is 4. The second kappa shape index (κ2) is 4.87. The highest BCUT2D eigenvalue weighted by atomic mass is 16.5. The molecule has 0 radical (unpaired) electrons. The van der Waals surface area contributed by atoms with E-state index >= 15 is 0 Å². The summed E-state index contributed by atoms with van der Waals surface area (Å²) in [6.45, 7) is 1.19. The van der Waals surface area contributed by atoms with Crippen molar-refractivity contribution in [1.29, 1.82) is 5.26 Å². The third kappa shape index (κ3) is 2.08. The van der Waals surface area contributed by atoms with Gasteiger partial charge in [-0.2, -0.15) is 5.26 Å². The van der Waals surface area contributed by atoms with Gasteiger partial charge in [-0.25, -0.2) is 0 Å². The zero-order valence-corrected chi connectivity index (χ0v) is 10.8. The molecule has 1 aromatic carbocycles. The highest BCUT2D eigenvalue weighted by Gasteiger charge is 2.26. The van der Waals surface area contributed by atoms with Crippen molar-refractivity contribution < 1.29 is 9.53 Å². The zero-order chi connectivity index (χ0) is 14.1. The molecular formula is C14H14N4O2. The molecule has 1 aliphatic heterocycles. The van der Waals surface area contributed by atoms with E-state index in [-0.39, 0.29) is 5.91 Å². The lowest BCUT2D eigenvalue weighted by atomic mass is 10.1. The fraction of sp³-hybridized carbons (Fsp3) is 0.286. The highest BCUT2D eigenvalue weighted by molar-refractivity contribution is 6.07. The van der Waals surface area contributed by atoms with Gasteiger partial charge in [0.1, 0.15) is 0 Å². The number of anilines is 1. The van der Waals surface area contributed by atoms with Crippen LogP contribution < -0.4 is 5.73 Å². The van der Waals surface area contributed by atoms with Crippen LogP contribution in [0.3, 0.4) is 0 Å². The number of H-pyrrole nitrogens is 1. The van der Waals surface area contributed by atoms with Crippen molar-refractivity contribution in [2.45, 2.75) is 6.10 Å². The van der Waals surface area contributed by atoms with Gasteiger partial charge in [-0.3, -0.25) is 4.79 Å². The number of nitriles is 1. The Morgan fingerprint density at radius 1 is 1.55 bits per heavy atom. The molecule has 102 valence electrons. The van der Waals surface area contributed by atoms with Gasteiger partial charge in [-0.05, 0) is 18.2 Å². The second-order valence-corrected chi connectivity index (χ2v) is 4.75. The van der Waals surface area contributed by atoms with Crippen LogP contribution in [0.15, 0.2) is 24.4 Å². The number of nitrogen functional groups attached to an aromatic ring is 1. The lowest BCUT2D eigenvalue weighted by Crippen LogP contribution is -2.45. The Hall–Kier alpha value is -2.52. The topological polar surface area (TPSA) is 95.1 Å². The fourth-order valence-corrected chi connectivity index (χ4v) is 2.40. The first-order chi connectivity index (χ1) is 9.69. The number of carbonyl (C=O) groups is 1. The van der Waals surface area contributed by atoms with Crippen LogP contribution in [0.2, 0.25) is 0 Å². The molecule has 6 nitrogen and oxygen atoms in total. The lowest BCUT2D eigenvalue weighted by molar-refractivity contribution is 0.00356. The number of rotatable bonds is 1. The number of fused-ring (bicyclic) bond motifs is 1. The normalized spacial score (nSPS) is 18.9. The third-order valence-corrected chi connectivity index (χ3v) is 3.43. The number of carbonyl (C=O) groups excluding carboxylic acids is 1. The van der Waals surface area contributed by atoms with Crippen LogP contribution in [0.25, 0.3) is 10.9 Å². The molecule has 1 unspecified atom stereocenters. The van der Waals surface area contributed by atoms with Crippen molar-refractivity contribution in [3.05, 3.63) is 30.0 Å². The molecule has 1 aromatic heterocycles. The van der Waals surface area contributed by atoms with Crippen LogP contribution in [0.1, 0.15) is 10.4 Å². The Bertz CT molecular complexity index is 701. The SMILES string of the molecule is N#CC1CN(C(=O)c2c[nH]c3cc(N)ccc23)CCO1. The minimum Gasteiger partial charge on any atom is -0.399 e. The molecule has 0 saturated carbocycles. The van der Waals surface area contributed by atoms with Crippen molar-refractivity contribution in [2.75, 3.05) is 25.4 Å². The maximum atomic E-state index is 12.5. The van der Waals surface area contributed by atoms with Gasteiger partial charge in [0.05, 0.1) is 24.8 Å². The van der Waals surface area contributed by atoms with Crippen molar-refractivity contribution >= 4 is 22.5 Å². The van der Waals surface area contributed by atoms with E-state index in [4.69, 9.17) is 15.7 Å². The molecule has 20 heavy (non-hydrogen) atoms. The Labute approximate surface area is 115 Å². The number of amides is 1. The number of hydrogen-bond donors (Lipinski definition) is 2. The fourth-order valence-electron chi connectivity index (χ4n) is 2.40. The van der Waals surface area contributed by atoms with Crippen LogP contribution in [0.5, 0.6) is 0 Å². The first-order valence-electron chi connectivity index (χ1n) is 6.36. The van der Waals surface area contributed by atoms with Crippen LogP contribution in [-0.4, -0.2) is 41.6 Å². The van der Waals surface area contributed by atoms with Crippen molar-refractivity contribution in [3.8, 4) is 6.07 Å². The average Bonchev–Trinajstić information content (AvgIpc) is 2.89. The van der Waals surface area contributed by atoms with Crippen molar-refractivity contribution in [3.63, 3.8) is 0 Å². The van der Waals surface area contributed by atoms with E-state index in [1.54, 1.807) is 23.2 Å². The molecule has 2 heterocycles. The minimum atomic E-state index is -0.548. The van der Waals surface area contributed by atoms with Crippen molar-refractivity contribution in [1.82, 2.24) is 9.88 Å². The van der Waals surface area contributed by atoms with E-state index in [9.17, 15) is 4.79 Å². The van der Waals surface area contributed by atoms with Gasteiger partial charge in [0.2, 0.25) is 0 Å². The number of aromatic nitrogens is 1. The van der Waals surface area contributed by atoms with Crippen LogP contribution in [-0.2, 0) is 4.74 Å². The maximum absolute atomic E-state index is 12.5. The van der Waals surface area contributed by atoms with Gasteiger partial charge in [0, 0.05) is 29.3 Å². The monoisotopic (exact) mass is 270 g/mol. The minimum absolute atomic E-state index is 0.0930. The van der Waals surface area contributed by atoms with E-state index < -0.39 is 6.10 Å². The molecule has 2 aromatic rings. The molecule has 3 rings (SSSR count). The van der Waals surface area contributed by atoms with E-state index in [1.807, 2.05) is 12.1 Å². The van der Waals surface area contributed by atoms with Gasteiger partial charge in [0.25, 0.3) is 5.91 Å². The number of nitrogens with two attached hydrogens (primary N) is 1. The van der Waals surface area contributed by atoms with Crippen molar-refractivity contribution in [2.24, 2.45) is 0 Å². The van der Waals surface area contributed by atoms with E-state index in [1.165, 1.54) is 0 Å². The molecule has 1 amide bonds. The largest absolute Gasteiger partial charge is 0.399 e. The molecule has 0 aliphatic carbocycles. The summed E-state index contributed by atoms with van der Waals surface area (Å²) >= 11 is 0. The molecule has 1 saturated heterocycles. The van der Waals surface area contributed by atoms with Gasteiger partial charge < -0.3 is 20.4 Å². The third-order valence-electron chi connectivity index (χ3n) is 3.43. The van der Waals surface area contributed by atoms with Gasteiger partial charge >= 0.3 is 0 Å². The number of nitrogens with zero attached hydrogens (tertiary/aromatic N) is 2. The molecule has 1 fully saturated rings. The molecule has 0 spiro atoms. The number of ether oxygens (including phenoxy) is 1. The zero-order valence-electron chi connectivity index (χ0n) is 10.8. The summed E-state index contributed by atoms with van der Waals surface area (Å²) in [6.07, 6.45) is 1.14. The number of benzene rings is 1. The van der Waals surface area contributed by atoms with Crippen LogP contribution >= 0.6 is 0 Å². The number of aromatic amines is 1. The quantitative estimate of drug-likeness (QED) is 0.759. The van der Waals surface area contributed by atoms with E-state index in [0.717, 1.165) is 10.9 Å². The van der Waals surface area contributed by atoms with Crippen LogP contribution in [0.4, 0.5) is 5.69 Å². The Morgan fingerprint density at radius 3 is 3.20 bits per heavy atom. The maximum Gasteiger partial charge on any atom is 0.256 e. The first kappa shape index (κ1) is 12.5. The van der Waals surface area contributed by atoms with Gasteiger partial charge in [0.15, 0.2) is 6.10 Å². The Morgan fingerprint density at radius 2 is 2.40 bits per heavy atom. The summed E-state index contributed by atoms with van der Waals surface area (Å²) in [5.74, 6) is -0.0930. The molecule has 6 heteroatoms. The molecule has 1 aliphatic rings. The highest BCUT2D eigenvalue weighted by Crippen LogP contribution is 2.22. The average molecular weight is 270 g/mol. The summed E-state index contributed by atoms with van der Waals surface area (Å²) in [5.41, 5.74) is 7.80. The molecule has 3 N–H and O–H groups in total. The summed E-state index contributed by atoms with van der Waals surface area (Å²) in [7, 11) is 0. The van der Waals surface area contributed by atoms with Gasteiger partial charge in [-0.1, -0.05) is 0 Å². The summed E-state index contributed by atoms with van der Waals surface area (Å²) in [6, 6.07) is 7.43. The molecule has 1 atom stereocenters. The van der Waals surface area contributed by atoms with Crippen LogP contribution in [0, 0.1) is 11.3 Å². The van der Waals surface area contributed by atoms with E-state index in [0.29, 0.717) is 30.9 Å². The van der Waals surface area contributed by atoms with E-state index in [2.05, 4.69) is 4.98 Å². The summed E-state index contributed by atoms with van der Waals surface area (Å²) in [5, 5.41) is 9.73. The molecular weight excluding hydrogens is 256 g/mol.